The minimum absolute atomic E-state index is 0.255. The summed E-state index contributed by atoms with van der Waals surface area (Å²) < 4.78 is 27.6. The van der Waals surface area contributed by atoms with E-state index in [9.17, 15) is 22.8 Å². The van der Waals surface area contributed by atoms with Crippen molar-refractivity contribution < 1.29 is 22.8 Å². The Labute approximate surface area is 221 Å². The van der Waals surface area contributed by atoms with Crippen LogP contribution in [0, 0.1) is 0 Å². The van der Waals surface area contributed by atoms with Crippen molar-refractivity contribution >= 4 is 38.4 Å². The van der Waals surface area contributed by atoms with Crippen LogP contribution in [-0.2, 0) is 25.4 Å². The number of nitrogens with one attached hydrogen (secondary N) is 1. The van der Waals surface area contributed by atoms with Gasteiger partial charge >= 0.3 is 0 Å². The average Bonchev–Trinajstić information content (AvgIpc) is 3.49. The van der Waals surface area contributed by atoms with Gasteiger partial charge in [0.05, 0.1) is 18.3 Å². The molecule has 3 atom stereocenters. The standard InChI is InChI=1S/C28H30N4O5S/c1-2-6-23(30-27(34)22-11-10-20-8-3-4-9-21(20)15-22)28(35)31-14-12-24-26(31)25(33)17-32(24)38(36,37)18-19-7-5-13-29-16-19/h3-5,7-11,13,15-16,23-24,26H,2,6,12,14,17-18H2,1H3,(H,30,34). The van der Waals surface area contributed by atoms with Gasteiger partial charge in [-0.15, -0.1) is 0 Å². The molecule has 0 spiro atoms. The zero-order valence-corrected chi connectivity index (χ0v) is 21.9. The first kappa shape index (κ1) is 26.0. The van der Waals surface area contributed by atoms with E-state index >= 15 is 0 Å². The van der Waals surface area contributed by atoms with Crippen LogP contribution in [0.25, 0.3) is 10.8 Å². The van der Waals surface area contributed by atoms with Gasteiger partial charge in [-0.25, -0.2) is 8.42 Å². The number of sulfonamides is 1. The van der Waals surface area contributed by atoms with Gasteiger partial charge < -0.3 is 10.2 Å². The van der Waals surface area contributed by atoms with Crippen LogP contribution < -0.4 is 5.32 Å². The third kappa shape index (κ3) is 5.06. The topological polar surface area (TPSA) is 117 Å². The van der Waals surface area contributed by atoms with Gasteiger partial charge in [-0.2, -0.15) is 4.31 Å². The Balaban J connectivity index is 1.31. The molecule has 2 aliphatic heterocycles. The molecule has 1 aromatic heterocycles. The first-order chi connectivity index (χ1) is 18.3. The number of likely N-dealkylation sites (tertiary alicyclic amines) is 1. The number of aromatic nitrogens is 1. The van der Waals surface area contributed by atoms with E-state index in [2.05, 4.69) is 10.3 Å². The van der Waals surface area contributed by atoms with Crippen LogP contribution in [0.2, 0.25) is 0 Å². The summed E-state index contributed by atoms with van der Waals surface area (Å²) in [5.74, 6) is -1.28. The summed E-state index contributed by atoms with van der Waals surface area (Å²) in [5.41, 5.74) is 0.982. The molecule has 2 saturated heterocycles. The molecule has 3 unspecified atom stereocenters. The molecule has 0 bridgehead atoms. The van der Waals surface area contributed by atoms with Crippen molar-refractivity contribution in [1.82, 2.24) is 19.5 Å². The molecule has 3 heterocycles. The van der Waals surface area contributed by atoms with Crippen LogP contribution in [0.4, 0.5) is 0 Å². The van der Waals surface area contributed by atoms with Gasteiger partial charge in [-0.05, 0) is 47.4 Å². The molecule has 10 heteroatoms. The van der Waals surface area contributed by atoms with E-state index in [1.807, 2.05) is 37.3 Å². The zero-order chi connectivity index (χ0) is 26.9. The van der Waals surface area contributed by atoms with Gasteiger partial charge in [0.25, 0.3) is 5.91 Å². The van der Waals surface area contributed by atoms with Crippen LogP contribution in [0.5, 0.6) is 0 Å². The molecule has 38 heavy (non-hydrogen) atoms. The van der Waals surface area contributed by atoms with Crippen LogP contribution in [0.3, 0.4) is 0 Å². The summed E-state index contributed by atoms with van der Waals surface area (Å²) in [6.45, 7) is 1.91. The highest BCUT2D eigenvalue weighted by Gasteiger charge is 2.54. The normalized spacial score (nSPS) is 20.4. The highest BCUT2D eigenvalue weighted by molar-refractivity contribution is 7.88. The van der Waals surface area contributed by atoms with E-state index in [0.717, 1.165) is 10.8 Å². The van der Waals surface area contributed by atoms with Gasteiger partial charge in [-0.3, -0.25) is 19.4 Å². The number of nitrogens with zero attached hydrogens (tertiary/aromatic N) is 3. The average molecular weight is 535 g/mol. The van der Waals surface area contributed by atoms with Gasteiger partial charge in [0.15, 0.2) is 5.78 Å². The fraction of sp³-hybridized carbons (Fsp3) is 0.357. The number of fused-ring (bicyclic) bond motifs is 2. The zero-order valence-electron chi connectivity index (χ0n) is 21.1. The third-order valence-corrected chi connectivity index (χ3v) is 9.09. The van der Waals surface area contributed by atoms with Crippen molar-refractivity contribution in [2.24, 2.45) is 0 Å². The maximum Gasteiger partial charge on any atom is 0.251 e. The maximum atomic E-state index is 13.6. The van der Waals surface area contributed by atoms with Crippen LogP contribution in [0.1, 0.15) is 42.1 Å². The molecule has 2 aliphatic rings. The number of hydrogen-bond donors (Lipinski definition) is 1. The Morgan fingerprint density at radius 3 is 2.63 bits per heavy atom. The van der Waals surface area contributed by atoms with Gasteiger partial charge in [0.2, 0.25) is 15.9 Å². The van der Waals surface area contributed by atoms with E-state index in [-0.39, 0.29) is 36.4 Å². The fourth-order valence-electron chi connectivity index (χ4n) is 5.48. The summed E-state index contributed by atoms with van der Waals surface area (Å²) in [6, 6.07) is 14.2. The van der Waals surface area contributed by atoms with Crippen molar-refractivity contribution in [3.8, 4) is 0 Å². The summed E-state index contributed by atoms with van der Waals surface area (Å²) in [6.07, 6.45) is 4.48. The largest absolute Gasteiger partial charge is 0.340 e. The van der Waals surface area contributed by atoms with Crippen molar-refractivity contribution in [2.45, 2.75) is 50.1 Å². The minimum Gasteiger partial charge on any atom is -0.340 e. The highest BCUT2D eigenvalue weighted by atomic mass is 32.2. The smallest absolute Gasteiger partial charge is 0.251 e. The molecule has 2 fully saturated rings. The summed E-state index contributed by atoms with van der Waals surface area (Å²) in [7, 11) is -3.79. The molecule has 3 aromatic rings. The first-order valence-corrected chi connectivity index (χ1v) is 14.4. The molecule has 9 nitrogen and oxygen atoms in total. The number of carbonyl (C=O) groups excluding carboxylic acids is 3. The van der Waals surface area contributed by atoms with Crippen LogP contribution >= 0.6 is 0 Å². The monoisotopic (exact) mass is 534 g/mol. The Kier molecular flexibility index (Phi) is 7.27. The minimum atomic E-state index is -3.79. The van der Waals surface area contributed by atoms with Gasteiger partial charge in [0, 0.05) is 24.5 Å². The van der Waals surface area contributed by atoms with Crippen molar-refractivity contribution in [3.05, 3.63) is 78.1 Å². The molecular formula is C28H30N4O5S. The van der Waals surface area contributed by atoms with E-state index in [1.165, 1.54) is 15.4 Å². The Bertz CT molecular complexity index is 1480. The number of ketones is 1. The number of Topliss-reactive ketones (excluding diaryl/α,β-unsaturated/α-hetero) is 1. The lowest BCUT2D eigenvalue weighted by Gasteiger charge is -2.28. The second-order valence-electron chi connectivity index (χ2n) is 9.84. The number of hydrogen-bond acceptors (Lipinski definition) is 6. The summed E-state index contributed by atoms with van der Waals surface area (Å²) >= 11 is 0. The Morgan fingerprint density at radius 2 is 1.89 bits per heavy atom. The third-order valence-electron chi connectivity index (χ3n) is 7.28. The number of pyridine rings is 1. The maximum absolute atomic E-state index is 13.6. The molecule has 5 rings (SSSR count). The Hall–Kier alpha value is -3.63. The van der Waals surface area contributed by atoms with E-state index in [4.69, 9.17) is 0 Å². The number of rotatable bonds is 8. The quantitative estimate of drug-likeness (QED) is 0.475. The molecule has 0 aliphatic carbocycles. The predicted octanol–water partition coefficient (Wildman–Crippen LogP) is 2.52. The van der Waals surface area contributed by atoms with Crippen LogP contribution in [-0.4, -0.2) is 71.4 Å². The fourth-order valence-corrected chi connectivity index (χ4v) is 7.19. The predicted molar refractivity (Wildman–Crippen MR) is 143 cm³/mol. The SMILES string of the molecule is CCCC(NC(=O)c1ccc2ccccc2c1)C(=O)N1CCC2C1C(=O)CN2S(=O)(=O)Cc1cccnc1. The summed E-state index contributed by atoms with van der Waals surface area (Å²) in [5, 5.41) is 4.80. The lowest BCUT2D eigenvalue weighted by atomic mass is 10.0. The van der Waals surface area contributed by atoms with Crippen molar-refractivity contribution in [1.29, 1.82) is 0 Å². The number of amides is 2. The Morgan fingerprint density at radius 1 is 1.11 bits per heavy atom. The highest BCUT2D eigenvalue weighted by Crippen LogP contribution is 2.33. The summed E-state index contributed by atoms with van der Waals surface area (Å²) in [4.78, 5) is 45.2. The van der Waals surface area contributed by atoms with Crippen LogP contribution in [0.15, 0.2) is 67.0 Å². The second kappa shape index (κ2) is 10.6. The van der Waals surface area contributed by atoms with E-state index in [0.29, 0.717) is 30.4 Å². The van der Waals surface area contributed by atoms with Crippen molar-refractivity contribution in [3.63, 3.8) is 0 Å². The second-order valence-corrected chi connectivity index (χ2v) is 11.8. The lowest BCUT2D eigenvalue weighted by Crippen LogP contribution is -2.52. The number of benzene rings is 2. The molecule has 1 N–H and O–H groups in total. The molecular weight excluding hydrogens is 504 g/mol. The van der Waals surface area contributed by atoms with Gasteiger partial charge in [-0.1, -0.05) is 49.7 Å². The molecule has 198 valence electrons. The molecule has 0 radical (unpaired) electrons. The van der Waals surface area contributed by atoms with Crippen molar-refractivity contribution in [2.75, 3.05) is 13.1 Å². The first-order valence-electron chi connectivity index (χ1n) is 12.8. The lowest BCUT2D eigenvalue weighted by molar-refractivity contribution is -0.138. The molecule has 2 aromatic carbocycles. The van der Waals surface area contributed by atoms with E-state index in [1.54, 1.807) is 30.5 Å². The van der Waals surface area contributed by atoms with E-state index < -0.39 is 28.1 Å². The number of carbonyl (C=O) groups is 3. The van der Waals surface area contributed by atoms with Gasteiger partial charge in [0.1, 0.15) is 12.1 Å². The molecule has 2 amide bonds. The molecule has 0 saturated carbocycles.